The summed E-state index contributed by atoms with van der Waals surface area (Å²) in [6, 6.07) is 9.22. The molecular formula is C17H13Cl2IN2O2. The number of ether oxygens (including phenoxy) is 2. The van der Waals surface area contributed by atoms with E-state index in [1.165, 1.54) is 0 Å². The first kappa shape index (κ1) is 17.4. The molecule has 0 saturated heterocycles. The summed E-state index contributed by atoms with van der Waals surface area (Å²) >= 11 is 14.6. The van der Waals surface area contributed by atoms with Crippen molar-refractivity contribution < 1.29 is 9.47 Å². The fourth-order valence-corrected chi connectivity index (χ4v) is 3.52. The lowest BCUT2D eigenvalue weighted by Gasteiger charge is -2.14. The molecular weight excluding hydrogens is 462 g/mol. The molecule has 3 rings (SSSR count). The van der Waals surface area contributed by atoms with Crippen LogP contribution in [0.5, 0.6) is 11.5 Å². The minimum absolute atomic E-state index is 0.462. The van der Waals surface area contributed by atoms with Gasteiger partial charge in [-0.2, -0.15) is 0 Å². The molecule has 0 atom stereocenters. The number of hydrogen-bond donors (Lipinski definition) is 1. The normalized spacial score (nSPS) is 10.7. The summed E-state index contributed by atoms with van der Waals surface area (Å²) in [5.74, 6) is 1.34. The van der Waals surface area contributed by atoms with Crippen LogP contribution in [0.1, 0.15) is 0 Å². The third-order valence-corrected chi connectivity index (χ3v) is 4.98. The lowest BCUT2D eigenvalue weighted by atomic mass is 10.1. The summed E-state index contributed by atoms with van der Waals surface area (Å²) in [5, 5.41) is 5.21. The van der Waals surface area contributed by atoms with Crippen molar-refractivity contribution in [2.45, 2.75) is 0 Å². The van der Waals surface area contributed by atoms with E-state index in [2.05, 4.69) is 32.9 Å². The van der Waals surface area contributed by atoms with E-state index in [1.54, 1.807) is 32.5 Å². The molecule has 0 unspecified atom stereocenters. The Morgan fingerprint density at radius 3 is 2.42 bits per heavy atom. The van der Waals surface area contributed by atoms with Crippen LogP contribution in [0.4, 0.5) is 11.4 Å². The molecule has 0 aliphatic carbocycles. The van der Waals surface area contributed by atoms with Crippen LogP contribution < -0.4 is 14.8 Å². The van der Waals surface area contributed by atoms with Gasteiger partial charge in [0.15, 0.2) is 0 Å². The maximum atomic E-state index is 6.30. The fourth-order valence-electron chi connectivity index (χ4n) is 2.34. The van der Waals surface area contributed by atoms with Gasteiger partial charge in [0.25, 0.3) is 0 Å². The maximum absolute atomic E-state index is 6.30. The number of methoxy groups -OCH3 is 2. The Hall–Kier alpha value is -1.44. The number of fused-ring (bicyclic) bond motifs is 1. The second kappa shape index (κ2) is 7.21. The Morgan fingerprint density at radius 1 is 0.958 bits per heavy atom. The molecule has 24 heavy (non-hydrogen) atoms. The molecule has 1 aromatic heterocycles. The number of nitrogens with one attached hydrogen (secondary N) is 1. The van der Waals surface area contributed by atoms with Crippen molar-refractivity contribution in [2.75, 3.05) is 19.5 Å². The predicted molar refractivity (Wildman–Crippen MR) is 107 cm³/mol. The summed E-state index contributed by atoms with van der Waals surface area (Å²) in [6.45, 7) is 0. The number of nitrogens with zero attached hydrogens (tertiary/aromatic N) is 1. The van der Waals surface area contributed by atoms with Crippen LogP contribution in [0, 0.1) is 3.57 Å². The van der Waals surface area contributed by atoms with Gasteiger partial charge in [0.05, 0.1) is 39.0 Å². The van der Waals surface area contributed by atoms with Gasteiger partial charge in [-0.3, -0.25) is 4.98 Å². The molecule has 1 heterocycles. The van der Waals surface area contributed by atoms with Crippen molar-refractivity contribution in [3.63, 3.8) is 0 Å². The molecule has 0 radical (unpaired) electrons. The van der Waals surface area contributed by atoms with Gasteiger partial charge < -0.3 is 14.8 Å². The summed E-state index contributed by atoms with van der Waals surface area (Å²) in [4.78, 5) is 4.41. The van der Waals surface area contributed by atoms with E-state index in [1.807, 2.05) is 18.2 Å². The number of pyridine rings is 1. The first-order valence-corrected chi connectivity index (χ1v) is 8.79. The molecule has 0 saturated carbocycles. The van der Waals surface area contributed by atoms with E-state index in [0.29, 0.717) is 21.5 Å². The van der Waals surface area contributed by atoms with Gasteiger partial charge >= 0.3 is 0 Å². The Kier molecular flexibility index (Phi) is 5.22. The SMILES string of the molecule is COc1cc(Nc2ccnc3cc(I)c(OC)cc23)c(Cl)cc1Cl. The quantitative estimate of drug-likeness (QED) is 0.477. The Bertz CT molecular complexity index is 919. The summed E-state index contributed by atoms with van der Waals surface area (Å²) in [6.07, 6.45) is 1.74. The monoisotopic (exact) mass is 474 g/mol. The molecule has 7 heteroatoms. The van der Waals surface area contributed by atoms with E-state index >= 15 is 0 Å². The van der Waals surface area contributed by atoms with E-state index in [4.69, 9.17) is 32.7 Å². The zero-order valence-electron chi connectivity index (χ0n) is 12.9. The summed E-state index contributed by atoms with van der Waals surface area (Å²) < 4.78 is 11.7. The van der Waals surface area contributed by atoms with Crippen molar-refractivity contribution in [1.82, 2.24) is 4.98 Å². The highest BCUT2D eigenvalue weighted by molar-refractivity contribution is 14.1. The first-order valence-electron chi connectivity index (χ1n) is 6.95. The average molecular weight is 475 g/mol. The number of benzene rings is 2. The third kappa shape index (κ3) is 3.34. The molecule has 1 N–H and O–H groups in total. The van der Waals surface area contributed by atoms with Crippen molar-refractivity contribution in [3.05, 3.63) is 50.1 Å². The average Bonchev–Trinajstić information content (AvgIpc) is 2.56. The lowest BCUT2D eigenvalue weighted by molar-refractivity contribution is 0.412. The Labute approximate surface area is 163 Å². The number of rotatable bonds is 4. The Balaban J connectivity index is 2.10. The molecule has 3 aromatic rings. The van der Waals surface area contributed by atoms with Crippen LogP contribution >= 0.6 is 45.8 Å². The van der Waals surface area contributed by atoms with E-state index < -0.39 is 0 Å². The number of halogens is 3. The highest BCUT2D eigenvalue weighted by Gasteiger charge is 2.11. The van der Waals surface area contributed by atoms with Crippen LogP contribution in [0.3, 0.4) is 0 Å². The molecule has 0 bridgehead atoms. The topological polar surface area (TPSA) is 43.4 Å². The van der Waals surface area contributed by atoms with Gasteiger partial charge in [0.2, 0.25) is 0 Å². The zero-order valence-corrected chi connectivity index (χ0v) is 16.5. The summed E-state index contributed by atoms with van der Waals surface area (Å²) in [5.41, 5.74) is 2.42. The molecule has 0 fully saturated rings. The van der Waals surface area contributed by atoms with Crippen molar-refractivity contribution in [2.24, 2.45) is 0 Å². The van der Waals surface area contributed by atoms with Gasteiger partial charge in [-0.25, -0.2) is 0 Å². The first-order chi connectivity index (χ1) is 11.5. The van der Waals surface area contributed by atoms with Crippen LogP contribution in [-0.2, 0) is 0 Å². The molecule has 124 valence electrons. The van der Waals surface area contributed by atoms with Gasteiger partial charge in [-0.1, -0.05) is 23.2 Å². The molecule has 0 aliphatic heterocycles. The molecule has 0 amide bonds. The van der Waals surface area contributed by atoms with Crippen LogP contribution in [0.15, 0.2) is 36.5 Å². The second-order valence-electron chi connectivity index (χ2n) is 4.95. The van der Waals surface area contributed by atoms with Crippen LogP contribution in [0.2, 0.25) is 10.0 Å². The minimum Gasteiger partial charge on any atom is -0.496 e. The predicted octanol–water partition coefficient (Wildman–Crippen LogP) is 5.91. The molecule has 0 aliphatic rings. The van der Waals surface area contributed by atoms with Crippen molar-refractivity contribution in [3.8, 4) is 11.5 Å². The van der Waals surface area contributed by atoms with Gasteiger partial charge in [0, 0.05) is 23.3 Å². The number of aromatic nitrogens is 1. The van der Waals surface area contributed by atoms with Gasteiger partial charge in [-0.05, 0) is 46.9 Å². The second-order valence-corrected chi connectivity index (χ2v) is 6.93. The Morgan fingerprint density at radius 2 is 1.71 bits per heavy atom. The van der Waals surface area contributed by atoms with Crippen LogP contribution in [0.25, 0.3) is 10.9 Å². The van der Waals surface area contributed by atoms with E-state index in [9.17, 15) is 0 Å². The minimum atomic E-state index is 0.462. The molecule has 2 aromatic carbocycles. The number of hydrogen-bond acceptors (Lipinski definition) is 4. The van der Waals surface area contributed by atoms with Gasteiger partial charge in [0.1, 0.15) is 11.5 Å². The highest BCUT2D eigenvalue weighted by Crippen LogP contribution is 2.37. The third-order valence-electron chi connectivity index (χ3n) is 3.53. The highest BCUT2D eigenvalue weighted by atomic mass is 127. The zero-order chi connectivity index (χ0) is 17.3. The standard InChI is InChI=1S/C17H13Cl2IN2O2/c1-23-16-8-15(10(18)6-11(16)19)22-13-3-4-21-14-7-12(20)17(24-2)5-9(13)14/h3-8H,1-2H3,(H,21,22). The molecule has 4 nitrogen and oxygen atoms in total. The lowest BCUT2D eigenvalue weighted by Crippen LogP contribution is -1.96. The molecule has 0 spiro atoms. The van der Waals surface area contributed by atoms with E-state index in [-0.39, 0.29) is 0 Å². The smallest absolute Gasteiger partial charge is 0.139 e. The summed E-state index contributed by atoms with van der Waals surface area (Å²) in [7, 11) is 3.21. The maximum Gasteiger partial charge on any atom is 0.139 e. The fraction of sp³-hybridized carbons (Fsp3) is 0.118. The van der Waals surface area contributed by atoms with Crippen molar-refractivity contribution >= 4 is 68.1 Å². The number of anilines is 2. The largest absolute Gasteiger partial charge is 0.496 e. The van der Waals surface area contributed by atoms with Gasteiger partial charge in [-0.15, -0.1) is 0 Å². The van der Waals surface area contributed by atoms with Crippen LogP contribution in [-0.4, -0.2) is 19.2 Å². The van der Waals surface area contributed by atoms with Crippen molar-refractivity contribution in [1.29, 1.82) is 0 Å². The van der Waals surface area contributed by atoms with E-state index in [0.717, 1.165) is 25.9 Å².